The van der Waals surface area contributed by atoms with Crippen molar-refractivity contribution in [1.82, 2.24) is 4.98 Å². The van der Waals surface area contributed by atoms with Gasteiger partial charge in [-0.2, -0.15) is 0 Å². The molecule has 192 valence electrons. The largest absolute Gasteiger partial charge is 0.491 e. The normalized spacial score (nSPS) is 20.7. The summed E-state index contributed by atoms with van der Waals surface area (Å²) in [6.45, 7) is 3.83. The average Bonchev–Trinajstić information content (AvgIpc) is 3.34. The molecule has 8 nitrogen and oxygen atoms in total. The predicted molar refractivity (Wildman–Crippen MR) is 138 cm³/mol. The molecule has 1 amide bonds. The van der Waals surface area contributed by atoms with Crippen LogP contribution in [-0.2, 0) is 16.0 Å². The molecule has 0 aliphatic carbocycles. The Balaban J connectivity index is 1.11. The van der Waals surface area contributed by atoms with E-state index in [1.165, 1.54) is 6.20 Å². The van der Waals surface area contributed by atoms with Crippen molar-refractivity contribution in [2.24, 2.45) is 11.3 Å². The SMILES string of the molecule is CN1C(=O)[C@@H](CC(=O)c2cnc(Cc3ccccc3)o2)COc2ccc(N3CC4(CCOCC4)C3)cc21. The molecule has 6 rings (SSSR count). The molecule has 4 heterocycles. The van der Waals surface area contributed by atoms with Gasteiger partial charge in [-0.25, -0.2) is 4.98 Å². The molecule has 1 atom stereocenters. The van der Waals surface area contributed by atoms with Gasteiger partial charge in [0.1, 0.15) is 12.4 Å². The highest BCUT2D eigenvalue weighted by molar-refractivity contribution is 6.02. The van der Waals surface area contributed by atoms with Gasteiger partial charge in [0.05, 0.1) is 17.8 Å². The van der Waals surface area contributed by atoms with Crippen LogP contribution in [0.5, 0.6) is 5.75 Å². The van der Waals surface area contributed by atoms with E-state index in [0.29, 0.717) is 23.5 Å². The summed E-state index contributed by atoms with van der Waals surface area (Å²) in [5.74, 6) is 0.300. The minimum atomic E-state index is -0.606. The molecule has 0 N–H and O–H groups in total. The molecule has 1 spiro atoms. The number of aromatic nitrogens is 1. The summed E-state index contributed by atoms with van der Waals surface area (Å²) in [5, 5.41) is 0. The smallest absolute Gasteiger partial charge is 0.233 e. The van der Waals surface area contributed by atoms with Crippen molar-refractivity contribution in [3.05, 3.63) is 71.9 Å². The average molecular weight is 502 g/mol. The van der Waals surface area contributed by atoms with Gasteiger partial charge in [0.25, 0.3) is 0 Å². The zero-order valence-electron chi connectivity index (χ0n) is 21.0. The first-order valence-electron chi connectivity index (χ1n) is 12.9. The number of ether oxygens (including phenoxy) is 2. The molecule has 3 aliphatic rings. The lowest BCUT2D eigenvalue weighted by atomic mass is 9.73. The monoisotopic (exact) mass is 501 g/mol. The molecule has 0 bridgehead atoms. The van der Waals surface area contributed by atoms with E-state index in [1.807, 2.05) is 42.5 Å². The Hall–Kier alpha value is -3.65. The van der Waals surface area contributed by atoms with Crippen molar-refractivity contribution in [2.75, 3.05) is 49.8 Å². The Labute approximate surface area is 216 Å². The molecule has 3 aromatic rings. The third-order valence-corrected chi connectivity index (χ3v) is 7.85. The van der Waals surface area contributed by atoms with E-state index in [1.54, 1.807) is 11.9 Å². The van der Waals surface area contributed by atoms with Crippen molar-refractivity contribution in [3.63, 3.8) is 0 Å². The third kappa shape index (κ3) is 4.73. The topological polar surface area (TPSA) is 85.1 Å². The number of oxazole rings is 1. The van der Waals surface area contributed by atoms with Gasteiger partial charge >= 0.3 is 0 Å². The molecule has 0 radical (unpaired) electrons. The summed E-state index contributed by atoms with van der Waals surface area (Å²) in [7, 11) is 1.75. The second-order valence-corrected chi connectivity index (χ2v) is 10.4. The van der Waals surface area contributed by atoms with Crippen molar-refractivity contribution < 1.29 is 23.5 Å². The molecule has 2 fully saturated rings. The van der Waals surface area contributed by atoms with Crippen molar-refractivity contribution in [3.8, 4) is 5.75 Å². The Kier molecular flexibility index (Phi) is 6.20. The molecule has 0 unspecified atom stereocenters. The number of ketones is 1. The van der Waals surface area contributed by atoms with Crippen LogP contribution in [0, 0.1) is 11.3 Å². The lowest BCUT2D eigenvalue weighted by Crippen LogP contribution is -2.58. The second kappa shape index (κ2) is 9.67. The van der Waals surface area contributed by atoms with Crippen LogP contribution < -0.4 is 14.5 Å². The quantitative estimate of drug-likeness (QED) is 0.470. The summed E-state index contributed by atoms with van der Waals surface area (Å²) >= 11 is 0. The molecule has 37 heavy (non-hydrogen) atoms. The van der Waals surface area contributed by atoms with Crippen LogP contribution in [0.3, 0.4) is 0 Å². The zero-order valence-corrected chi connectivity index (χ0v) is 21.0. The maximum atomic E-state index is 13.3. The standard InChI is InChI=1S/C29H31N3O5/c1-31-23-15-22(32-18-29(19-32)9-11-35-12-10-29)7-8-25(23)36-17-21(28(31)34)14-24(33)26-16-30-27(37-26)13-20-5-3-2-4-6-20/h2-8,15-16,21H,9-14,17-19H2,1H3/t21-/m0/s1. The molecule has 2 aromatic carbocycles. The van der Waals surface area contributed by atoms with Gasteiger partial charge in [0, 0.05) is 57.3 Å². The molecule has 2 saturated heterocycles. The molecule has 0 saturated carbocycles. The fourth-order valence-corrected chi connectivity index (χ4v) is 5.57. The fraction of sp³-hybridized carbons (Fsp3) is 0.414. The highest BCUT2D eigenvalue weighted by atomic mass is 16.5. The summed E-state index contributed by atoms with van der Waals surface area (Å²) in [6.07, 6.45) is 4.16. The summed E-state index contributed by atoms with van der Waals surface area (Å²) in [6, 6.07) is 15.8. The Morgan fingerprint density at radius 2 is 1.89 bits per heavy atom. The van der Waals surface area contributed by atoms with E-state index in [0.717, 1.165) is 56.1 Å². The van der Waals surface area contributed by atoms with Crippen molar-refractivity contribution >= 4 is 23.1 Å². The molecule has 1 aromatic heterocycles. The minimum absolute atomic E-state index is 0.000700. The van der Waals surface area contributed by atoms with E-state index in [2.05, 4.69) is 16.0 Å². The number of fused-ring (bicyclic) bond motifs is 1. The van der Waals surface area contributed by atoms with Crippen molar-refractivity contribution in [1.29, 1.82) is 0 Å². The molecular weight excluding hydrogens is 470 g/mol. The van der Waals surface area contributed by atoms with Crippen LogP contribution in [0.25, 0.3) is 0 Å². The van der Waals surface area contributed by atoms with Gasteiger partial charge < -0.3 is 23.7 Å². The van der Waals surface area contributed by atoms with E-state index < -0.39 is 5.92 Å². The highest BCUT2D eigenvalue weighted by Gasteiger charge is 2.44. The number of amides is 1. The number of carbonyl (C=O) groups excluding carboxylic acids is 2. The van der Waals surface area contributed by atoms with Crippen LogP contribution in [0.2, 0.25) is 0 Å². The number of carbonyl (C=O) groups is 2. The fourth-order valence-electron chi connectivity index (χ4n) is 5.57. The lowest BCUT2D eigenvalue weighted by Gasteiger charge is -2.53. The van der Waals surface area contributed by atoms with E-state index in [4.69, 9.17) is 13.9 Å². The van der Waals surface area contributed by atoms with Gasteiger partial charge in [-0.1, -0.05) is 30.3 Å². The zero-order chi connectivity index (χ0) is 25.4. The predicted octanol–water partition coefficient (Wildman–Crippen LogP) is 4.13. The number of anilines is 2. The second-order valence-electron chi connectivity index (χ2n) is 10.4. The van der Waals surface area contributed by atoms with Gasteiger partial charge in [-0.05, 0) is 36.6 Å². The third-order valence-electron chi connectivity index (χ3n) is 7.85. The first kappa shape index (κ1) is 23.7. The number of hydrogen-bond donors (Lipinski definition) is 0. The van der Waals surface area contributed by atoms with Gasteiger partial charge in [0.2, 0.25) is 11.7 Å². The van der Waals surface area contributed by atoms with Gasteiger partial charge in [0.15, 0.2) is 11.7 Å². The highest BCUT2D eigenvalue weighted by Crippen LogP contribution is 2.44. The maximum Gasteiger partial charge on any atom is 0.233 e. The van der Waals surface area contributed by atoms with Crippen LogP contribution in [-0.4, -0.2) is 56.6 Å². The Morgan fingerprint density at radius 1 is 1.11 bits per heavy atom. The summed E-state index contributed by atoms with van der Waals surface area (Å²) < 4.78 is 17.3. The summed E-state index contributed by atoms with van der Waals surface area (Å²) in [4.78, 5) is 34.6. The number of rotatable bonds is 6. The summed E-state index contributed by atoms with van der Waals surface area (Å²) in [5.41, 5.74) is 3.23. The van der Waals surface area contributed by atoms with Crippen LogP contribution in [0.15, 0.2) is 59.1 Å². The number of hydrogen-bond acceptors (Lipinski definition) is 7. The minimum Gasteiger partial charge on any atom is -0.491 e. The van der Waals surface area contributed by atoms with Gasteiger partial charge in [-0.3, -0.25) is 9.59 Å². The van der Waals surface area contributed by atoms with Crippen LogP contribution in [0.4, 0.5) is 11.4 Å². The molecule has 8 heteroatoms. The first-order valence-corrected chi connectivity index (χ1v) is 12.9. The number of Topliss-reactive ketones (excluding diaryl/α,β-unsaturated/α-hetero) is 1. The Bertz CT molecular complexity index is 1290. The van der Waals surface area contributed by atoms with Gasteiger partial charge in [-0.15, -0.1) is 0 Å². The lowest BCUT2D eigenvalue weighted by molar-refractivity contribution is -0.122. The van der Waals surface area contributed by atoms with E-state index in [9.17, 15) is 9.59 Å². The first-order chi connectivity index (χ1) is 18.0. The molecule has 3 aliphatic heterocycles. The van der Waals surface area contributed by atoms with Crippen LogP contribution in [0.1, 0.15) is 41.3 Å². The van der Waals surface area contributed by atoms with E-state index in [-0.39, 0.29) is 30.5 Å². The molecular formula is C29H31N3O5. The Morgan fingerprint density at radius 3 is 2.68 bits per heavy atom. The number of benzene rings is 2. The van der Waals surface area contributed by atoms with Crippen LogP contribution >= 0.6 is 0 Å². The number of nitrogens with zero attached hydrogens (tertiary/aromatic N) is 3. The van der Waals surface area contributed by atoms with Crippen molar-refractivity contribution in [2.45, 2.75) is 25.7 Å². The van der Waals surface area contributed by atoms with E-state index >= 15 is 0 Å². The maximum absolute atomic E-state index is 13.3.